The van der Waals surface area contributed by atoms with Gasteiger partial charge in [-0.25, -0.2) is 0 Å². The Kier molecular flexibility index (Phi) is 5.16. The first-order valence-electron chi connectivity index (χ1n) is 8.47. The van der Waals surface area contributed by atoms with Gasteiger partial charge in [0.1, 0.15) is 0 Å². The van der Waals surface area contributed by atoms with Gasteiger partial charge in [0.05, 0.1) is 23.4 Å². The van der Waals surface area contributed by atoms with E-state index in [0.717, 1.165) is 30.8 Å². The van der Waals surface area contributed by atoms with Crippen molar-refractivity contribution in [3.8, 4) is 0 Å². The first kappa shape index (κ1) is 16.5. The fourth-order valence-electron chi connectivity index (χ4n) is 3.12. The van der Waals surface area contributed by atoms with E-state index >= 15 is 0 Å². The van der Waals surface area contributed by atoms with Gasteiger partial charge in [-0.15, -0.1) is 0 Å². The summed E-state index contributed by atoms with van der Waals surface area (Å²) in [5.74, 6) is -0.0589. The van der Waals surface area contributed by atoms with Crippen LogP contribution in [0.15, 0.2) is 54.6 Å². The van der Waals surface area contributed by atoms with Crippen molar-refractivity contribution in [3.05, 3.63) is 60.2 Å². The van der Waals surface area contributed by atoms with Gasteiger partial charge in [0.2, 0.25) is 0 Å². The smallest absolute Gasteiger partial charge is 0.253 e. The molecular weight excluding hydrogens is 300 g/mol. The van der Waals surface area contributed by atoms with Crippen molar-refractivity contribution in [2.75, 3.05) is 18.6 Å². The molecule has 0 radical (unpaired) electrons. The molecule has 4 heteroatoms. The molecule has 0 unspecified atom stereocenters. The van der Waals surface area contributed by atoms with Crippen molar-refractivity contribution < 1.29 is 9.53 Å². The van der Waals surface area contributed by atoms with Crippen LogP contribution in [0.5, 0.6) is 0 Å². The Morgan fingerprint density at radius 1 is 1.17 bits per heavy atom. The highest BCUT2D eigenvalue weighted by atomic mass is 16.5. The van der Waals surface area contributed by atoms with Crippen LogP contribution in [0.4, 0.5) is 11.4 Å². The fourth-order valence-corrected chi connectivity index (χ4v) is 3.12. The lowest BCUT2D eigenvalue weighted by Gasteiger charge is -2.24. The second-order valence-corrected chi connectivity index (χ2v) is 6.23. The maximum absolute atomic E-state index is 12.8. The number of anilines is 2. The van der Waals surface area contributed by atoms with Gasteiger partial charge in [-0.2, -0.15) is 0 Å². The highest BCUT2D eigenvalue weighted by molar-refractivity contribution is 6.00. The molecule has 24 heavy (non-hydrogen) atoms. The van der Waals surface area contributed by atoms with Crippen molar-refractivity contribution in [1.29, 1.82) is 0 Å². The second kappa shape index (κ2) is 7.49. The van der Waals surface area contributed by atoms with E-state index in [-0.39, 0.29) is 18.1 Å². The fraction of sp³-hybridized carbons (Fsp3) is 0.350. The molecule has 2 aromatic carbocycles. The van der Waals surface area contributed by atoms with Crippen LogP contribution in [-0.2, 0) is 4.74 Å². The van der Waals surface area contributed by atoms with E-state index in [1.165, 1.54) is 0 Å². The summed E-state index contributed by atoms with van der Waals surface area (Å²) in [6, 6.07) is 17.7. The maximum atomic E-state index is 12.8. The summed E-state index contributed by atoms with van der Waals surface area (Å²) in [6.07, 6.45) is 2.19. The molecule has 0 spiro atoms. The summed E-state index contributed by atoms with van der Waals surface area (Å²) < 4.78 is 5.67. The van der Waals surface area contributed by atoms with Crippen LogP contribution in [-0.4, -0.2) is 31.7 Å². The molecule has 2 atom stereocenters. The average molecular weight is 324 g/mol. The molecule has 1 aliphatic heterocycles. The van der Waals surface area contributed by atoms with Gasteiger partial charge in [-0.05, 0) is 44.0 Å². The maximum Gasteiger partial charge on any atom is 0.253 e. The van der Waals surface area contributed by atoms with E-state index in [0.29, 0.717) is 5.56 Å². The van der Waals surface area contributed by atoms with Crippen molar-refractivity contribution in [2.45, 2.75) is 31.9 Å². The van der Waals surface area contributed by atoms with Gasteiger partial charge >= 0.3 is 0 Å². The molecule has 1 fully saturated rings. The zero-order valence-corrected chi connectivity index (χ0v) is 14.2. The van der Waals surface area contributed by atoms with E-state index in [4.69, 9.17) is 4.74 Å². The van der Waals surface area contributed by atoms with Crippen LogP contribution in [0, 0.1) is 0 Å². The lowest BCUT2D eigenvalue weighted by atomic mass is 10.1. The Bertz CT molecular complexity index is 681. The first-order valence-corrected chi connectivity index (χ1v) is 8.47. The van der Waals surface area contributed by atoms with Crippen molar-refractivity contribution in [1.82, 2.24) is 5.32 Å². The molecule has 0 saturated carbocycles. The van der Waals surface area contributed by atoms with Gasteiger partial charge in [-0.3, -0.25) is 4.79 Å². The molecule has 2 aromatic rings. The lowest BCUT2D eigenvalue weighted by Crippen LogP contribution is -2.41. The minimum absolute atomic E-state index is 0.00934. The number of para-hydroxylation sites is 2. The molecule has 0 bridgehead atoms. The number of rotatable bonds is 5. The minimum Gasteiger partial charge on any atom is -0.376 e. The van der Waals surface area contributed by atoms with Crippen molar-refractivity contribution >= 4 is 17.3 Å². The van der Waals surface area contributed by atoms with Gasteiger partial charge < -0.3 is 15.0 Å². The van der Waals surface area contributed by atoms with Crippen LogP contribution >= 0.6 is 0 Å². The number of nitrogens with zero attached hydrogens (tertiary/aromatic N) is 1. The molecule has 1 heterocycles. The number of nitrogens with one attached hydrogen (secondary N) is 1. The second-order valence-electron chi connectivity index (χ2n) is 6.23. The first-order chi connectivity index (χ1) is 11.7. The Morgan fingerprint density at radius 3 is 2.58 bits per heavy atom. The van der Waals surface area contributed by atoms with Gasteiger partial charge in [-0.1, -0.05) is 30.3 Å². The predicted octanol–water partition coefficient (Wildman–Crippen LogP) is 3.75. The third-order valence-corrected chi connectivity index (χ3v) is 4.53. The highest BCUT2D eigenvalue weighted by Crippen LogP contribution is 2.27. The van der Waals surface area contributed by atoms with E-state index in [9.17, 15) is 4.79 Å². The molecule has 1 amide bonds. The minimum atomic E-state index is -0.0589. The van der Waals surface area contributed by atoms with Crippen LogP contribution in [0.2, 0.25) is 0 Å². The summed E-state index contributed by atoms with van der Waals surface area (Å²) in [4.78, 5) is 14.8. The zero-order valence-electron chi connectivity index (χ0n) is 14.2. The van der Waals surface area contributed by atoms with Gasteiger partial charge in [0.15, 0.2) is 0 Å². The molecule has 4 nitrogen and oxygen atoms in total. The number of benzene rings is 2. The normalized spacial score (nSPS) is 18.2. The molecule has 1 N–H and O–H groups in total. The summed E-state index contributed by atoms with van der Waals surface area (Å²) in [5, 5.41) is 3.09. The Morgan fingerprint density at radius 2 is 1.88 bits per heavy atom. The van der Waals surface area contributed by atoms with Crippen molar-refractivity contribution in [3.63, 3.8) is 0 Å². The Labute approximate surface area is 143 Å². The van der Waals surface area contributed by atoms with Gasteiger partial charge in [0.25, 0.3) is 5.91 Å². The topological polar surface area (TPSA) is 41.6 Å². The number of ether oxygens (including phenoxy) is 1. The molecule has 1 saturated heterocycles. The lowest BCUT2D eigenvalue weighted by molar-refractivity contribution is 0.0712. The number of carbonyl (C=O) groups is 1. The van der Waals surface area contributed by atoms with Gasteiger partial charge in [0, 0.05) is 19.3 Å². The highest BCUT2D eigenvalue weighted by Gasteiger charge is 2.25. The number of hydrogen-bond acceptors (Lipinski definition) is 3. The molecule has 0 aliphatic carbocycles. The summed E-state index contributed by atoms with van der Waals surface area (Å²) in [7, 11) is 1.98. The standard InChI is InChI=1S/C20H24N2O2/c1-15(19-13-8-14-24-19)21-20(23)17-11-6-7-12-18(17)22(2)16-9-4-3-5-10-16/h3-7,9-12,15,19H,8,13-14H2,1-2H3,(H,21,23)/t15-,19-/m0/s1. The number of carbonyl (C=O) groups excluding carboxylic acids is 1. The van der Waals surface area contributed by atoms with E-state index in [2.05, 4.69) is 5.32 Å². The van der Waals surface area contributed by atoms with Crippen LogP contribution in [0.25, 0.3) is 0 Å². The summed E-state index contributed by atoms with van der Waals surface area (Å²) in [5.41, 5.74) is 2.61. The van der Waals surface area contributed by atoms with E-state index < -0.39 is 0 Å². The molecule has 0 aromatic heterocycles. The SMILES string of the molecule is C[C@H](NC(=O)c1ccccc1N(C)c1ccccc1)[C@@H]1CCCO1. The zero-order chi connectivity index (χ0) is 16.9. The largest absolute Gasteiger partial charge is 0.376 e. The third kappa shape index (κ3) is 3.60. The third-order valence-electron chi connectivity index (χ3n) is 4.53. The summed E-state index contributed by atoms with van der Waals surface area (Å²) >= 11 is 0. The monoisotopic (exact) mass is 324 g/mol. The van der Waals surface area contributed by atoms with Crippen LogP contribution in [0.3, 0.4) is 0 Å². The molecule has 1 aliphatic rings. The molecule has 126 valence electrons. The molecular formula is C20H24N2O2. The number of hydrogen-bond donors (Lipinski definition) is 1. The average Bonchev–Trinajstić information content (AvgIpc) is 3.16. The Hall–Kier alpha value is -2.33. The number of amides is 1. The van der Waals surface area contributed by atoms with E-state index in [1.54, 1.807) is 0 Å². The molecule has 3 rings (SSSR count). The van der Waals surface area contributed by atoms with Crippen LogP contribution in [0.1, 0.15) is 30.1 Å². The van der Waals surface area contributed by atoms with Crippen molar-refractivity contribution in [2.24, 2.45) is 0 Å². The van der Waals surface area contributed by atoms with Crippen LogP contribution < -0.4 is 10.2 Å². The quantitative estimate of drug-likeness (QED) is 0.911. The van der Waals surface area contributed by atoms with E-state index in [1.807, 2.05) is 73.5 Å². The Balaban J connectivity index is 1.79. The summed E-state index contributed by atoms with van der Waals surface area (Å²) in [6.45, 7) is 2.80. The predicted molar refractivity (Wildman–Crippen MR) is 96.8 cm³/mol.